The van der Waals surface area contributed by atoms with Crippen molar-refractivity contribution in [3.05, 3.63) is 75.6 Å². The van der Waals surface area contributed by atoms with Gasteiger partial charge in [-0.25, -0.2) is 14.3 Å². The van der Waals surface area contributed by atoms with Crippen molar-refractivity contribution in [2.75, 3.05) is 11.5 Å². The molecule has 3 aromatic rings. The summed E-state index contributed by atoms with van der Waals surface area (Å²) in [6.07, 6.45) is 1.54. The first-order chi connectivity index (χ1) is 19.3. The molecule has 5 rings (SSSR count). The maximum absolute atomic E-state index is 13.3. The molecule has 2 unspecified atom stereocenters. The summed E-state index contributed by atoms with van der Waals surface area (Å²) in [7, 11) is 1.67. The van der Waals surface area contributed by atoms with E-state index >= 15 is 0 Å². The van der Waals surface area contributed by atoms with E-state index in [1.807, 2.05) is 30.3 Å². The average Bonchev–Trinajstić information content (AvgIpc) is 3.64. The number of nitrogens with zero attached hydrogens (tertiary/aromatic N) is 5. The predicted molar refractivity (Wildman–Crippen MR) is 148 cm³/mol. The number of ether oxygens (including phenoxy) is 1. The summed E-state index contributed by atoms with van der Waals surface area (Å²) in [5, 5.41) is 25.4. The molecule has 0 radical (unpaired) electrons. The van der Waals surface area contributed by atoms with Gasteiger partial charge in [-0.15, -0.1) is 28.2 Å². The lowest BCUT2D eigenvalue weighted by Crippen LogP contribution is -2.71. The molecule has 2 N–H and O–H groups in total. The molecule has 206 valence electrons. The Morgan fingerprint density at radius 1 is 1.25 bits per heavy atom. The number of carbonyl (C=O) groups is 4. The third-order valence-electron chi connectivity index (χ3n) is 5.99. The Labute approximate surface area is 240 Å². The molecule has 2 aliphatic heterocycles. The van der Waals surface area contributed by atoms with Crippen molar-refractivity contribution in [3.63, 3.8) is 0 Å². The second kappa shape index (κ2) is 12.1. The molecule has 1 saturated heterocycles. The highest BCUT2D eigenvalue weighted by Gasteiger charge is 2.54. The normalized spacial score (nSPS) is 19.2. The number of carboxylic acids is 1. The Kier molecular flexibility index (Phi) is 8.32. The fourth-order valence-electron chi connectivity index (χ4n) is 4.08. The van der Waals surface area contributed by atoms with Gasteiger partial charge in [-0.1, -0.05) is 48.2 Å². The number of amides is 2. The minimum absolute atomic E-state index is 0.103. The zero-order chi connectivity index (χ0) is 28.2. The molecule has 0 aliphatic carbocycles. The molecule has 2 aliphatic rings. The van der Waals surface area contributed by atoms with Crippen molar-refractivity contribution in [1.82, 2.24) is 30.4 Å². The molecule has 15 heteroatoms. The summed E-state index contributed by atoms with van der Waals surface area (Å²) >= 11 is 3.85. The number of aromatic nitrogens is 4. The summed E-state index contributed by atoms with van der Waals surface area (Å²) in [5.74, 6) is -2.55. The van der Waals surface area contributed by atoms with E-state index in [9.17, 15) is 24.3 Å². The lowest BCUT2D eigenvalue weighted by Gasteiger charge is -2.49. The van der Waals surface area contributed by atoms with Gasteiger partial charge in [0.1, 0.15) is 17.1 Å². The summed E-state index contributed by atoms with van der Waals surface area (Å²) in [4.78, 5) is 52.8. The van der Waals surface area contributed by atoms with Crippen LogP contribution in [0.4, 0.5) is 0 Å². The Balaban J connectivity index is 1.27. The second-order valence-electron chi connectivity index (χ2n) is 8.60. The molecule has 1 aromatic carbocycles. The van der Waals surface area contributed by atoms with Gasteiger partial charge in [-0.3, -0.25) is 14.5 Å². The summed E-state index contributed by atoms with van der Waals surface area (Å²) in [5.41, 5.74) is 1.24. The number of aliphatic carboxylic acids is 1. The first-order valence-electron chi connectivity index (χ1n) is 11.9. The number of β-lactam (4-membered cyclic amide) rings is 1. The van der Waals surface area contributed by atoms with Gasteiger partial charge in [0, 0.05) is 24.6 Å². The zero-order valence-corrected chi connectivity index (χ0v) is 23.3. The highest BCUT2D eigenvalue weighted by atomic mass is 32.2. The van der Waals surface area contributed by atoms with E-state index in [2.05, 4.69) is 20.8 Å². The first kappa shape index (κ1) is 27.6. The molecule has 12 nitrogen and oxygen atoms in total. The molecular formula is C25H22N6O6S3. The van der Waals surface area contributed by atoms with E-state index in [0.717, 1.165) is 5.56 Å². The van der Waals surface area contributed by atoms with Crippen LogP contribution in [0, 0.1) is 0 Å². The van der Waals surface area contributed by atoms with Gasteiger partial charge in [0.25, 0.3) is 11.8 Å². The van der Waals surface area contributed by atoms with Gasteiger partial charge in [0.15, 0.2) is 0 Å². The molecule has 0 saturated carbocycles. The minimum Gasteiger partial charge on any atom is -0.477 e. The van der Waals surface area contributed by atoms with E-state index in [1.54, 1.807) is 30.6 Å². The number of thioether (sulfide) groups is 2. The third kappa shape index (κ3) is 5.80. The molecule has 0 spiro atoms. The van der Waals surface area contributed by atoms with Crippen molar-refractivity contribution >= 4 is 64.7 Å². The topological polar surface area (TPSA) is 157 Å². The number of thiophene rings is 1. The molecule has 1 fully saturated rings. The number of hydrogen-bond acceptors (Lipinski definition) is 11. The maximum atomic E-state index is 13.3. The van der Waals surface area contributed by atoms with Gasteiger partial charge in [0.05, 0.1) is 4.88 Å². The van der Waals surface area contributed by atoms with E-state index in [4.69, 9.17) is 4.74 Å². The van der Waals surface area contributed by atoms with Crippen molar-refractivity contribution in [2.45, 2.75) is 22.7 Å². The van der Waals surface area contributed by atoms with E-state index in [-0.39, 0.29) is 11.4 Å². The van der Waals surface area contributed by atoms with Gasteiger partial charge in [0.2, 0.25) is 11.3 Å². The van der Waals surface area contributed by atoms with Crippen molar-refractivity contribution in [1.29, 1.82) is 0 Å². The van der Waals surface area contributed by atoms with E-state index < -0.39 is 41.3 Å². The van der Waals surface area contributed by atoms with Crippen molar-refractivity contribution < 1.29 is 29.0 Å². The Bertz CT molecular complexity index is 1490. The fraction of sp³-hybridized carbons (Fsp3) is 0.240. The number of rotatable bonds is 10. The lowest BCUT2D eigenvalue weighted by molar-refractivity contribution is -0.156. The van der Waals surface area contributed by atoms with Gasteiger partial charge in [-0.05, 0) is 39.1 Å². The Morgan fingerprint density at radius 2 is 2.05 bits per heavy atom. The number of tetrazole rings is 1. The maximum Gasteiger partial charge on any atom is 0.352 e. The third-order valence-corrected chi connectivity index (χ3v) is 9.34. The SMILES string of the molecule is Cn1nnnc1SCC1=C(C(=O)O)N2C(=O)C(NC(=O)C(OC(=O)/C=C/c3ccccc3)c3cccs3)[C@H]2SC1. The Morgan fingerprint density at radius 3 is 2.73 bits per heavy atom. The van der Waals surface area contributed by atoms with Crippen LogP contribution >= 0.6 is 34.9 Å². The summed E-state index contributed by atoms with van der Waals surface area (Å²) in [6, 6.07) is 11.6. The molecule has 40 heavy (non-hydrogen) atoms. The quantitative estimate of drug-likeness (QED) is 0.152. The van der Waals surface area contributed by atoms with Crippen LogP contribution < -0.4 is 5.32 Å². The molecule has 2 aromatic heterocycles. The molecule has 2 amide bonds. The van der Waals surface area contributed by atoms with Crippen LogP contribution in [-0.2, 0) is 31.0 Å². The monoisotopic (exact) mass is 598 g/mol. The number of nitrogens with one attached hydrogen (secondary N) is 1. The van der Waals surface area contributed by atoms with Crippen molar-refractivity contribution in [2.24, 2.45) is 7.05 Å². The number of benzene rings is 1. The largest absolute Gasteiger partial charge is 0.477 e. The van der Waals surface area contributed by atoms with Crippen LogP contribution in [0.3, 0.4) is 0 Å². The lowest BCUT2D eigenvalue weighted by atomic mass is 10.0. The van der Waals surface area contributed by atoms with Crippen LogP contribution in [0.1, 0.15) is 16.5 Å². The molecule has 4 heterocycles. The van der Waals surface area contributed by atoms with Crippen LogP contribution in [0.25, 0.3) is 6.08 Å². The van der Waals surface area contributed by atoms with Crippen LogP contribution in [0.5, 0.6) is 0 Å². The second-order valence-corrected chi connectivity index (χ2v) is 11.6. The van der Waals surface area contributed by atoms with Gasteiger partial charge >= 0.3 is 11.9 Å². The zero-order valence-electron chi connectivity index (χ0n) is 20.9. The van der Waals surface area contributed by atoms with Crippen LogP contribution in [0.15, 0.2) is 70.3 Å². The van der Waals surface area contributed by atoms with E-state index in [0.29, 0.717) is 21.4 Å². The summed E-state index contributed by atoms with van der Waals surface area (Å²) < 4.78 is 6.96. The fourth-order valence-corrected chi connectivity index (χ4v) is 7.17. The molecule has 3 atom stereocenters. The number of aryl methyl sites for hydroxylation is 1. The number of carboxylic acid groups (broad SMARTS) is 1. The predicted octanol–water partition coefficient (Wildman–Crippen LogP) is 2.10. The summed E-state index contributed by atoms with van der Waals surface area (Å²) in [6.45, 7) is 0. The minimum atomic E-state index is -1.27. The molecular weight excluding hydrogens is 577 g/mol. The first-order valence-corrected chi connectivity index (χ1v) is 14.8. The number of esters is 1. The standard InChI is InChI=1S/C25H22N6O6S3/c1-30-25(27-28-29-30)40-13-15-12-39-23-18(22(34)31(23)19(15)24(35)36)26-21(33)20(16-8-5-11-38-16)37-17(32)10-9-14-6-3-2-4-7-14/h2-11,18,20,23H,12-13H2,1H3,(H,26,33)(H,35,36)/b10-9+/t18?,20?,23-/m1/s1. The van der Waals surface area contributed by atoms with Crippen LogP contribution in [-0.4, -0.2) is 76.9 Å². The number of carbonyl (C=O) groups excluding carboxylic acids is 3. The van der Waals surface area contributed by atoms with Gasteiger partial charge < -0.3 is 15.2 Å². The average molecular weight is 599 g/mol. The highest BCUT2D eigenvalue weighted by molar-refractivity contribution is 8.01. The highest BCUT2D eigenvalue weighted by Crippen LogP contribution is 2.41. The number of hydrogen-bond donors (Lipinski definition) is 2. The van der Waals surface area contributed by atoms with Crippen LogP contribution in [0.2, 0.25) is 0 Å². The van der Waals surface area contributed by atoms with Crippen molar-refractivity contribution in [3.8, 4) is 0 Å². The Hall–Kier alpha value is -3.95. The smallest absolute Gasteiger partial charge is 0.352 e. The van der Waals surface area contributed by atoms with Gasteiger partial charge in [-0.2, -0.15) is 0 Å². The number of fused-ring (bicyclic) bond motifs is 1. The molecule has 0 bridgehead atoms. The van der Waals surface area contributed by atoms with E-state index in [1.165, 1.54) is 50.5 Å².